The summed E-state index contributed by atoms with van der Waals surface area (Å²) in [6.45, 7) is 0. The third-order valence-corrected chi connectivity index (χ3v) is 12.6. The van der Waals surface area contributed by atoms with Crippen molar-refractivity contribution in [1.29, 1.82) is 0 Å². The molecule has 11 aromatic rings. The van der Waals surface area contributed by atoms with Crippen molar-refractivity contribution in [2.75, 3.05) is 0 Å². The van der Waals surface area contributed by atoms with E-state index in [2.05, 4.69) is 200 Å². The summed E-state index contributed by atoms with van der Waals surface area (Å²) in [5.41, 5.74) is 11.8. The number of hydrogen-bond acceptors (Lipinski definition) is 3. The summed E-state index contributed by atoms with van der Waals surface area (Å²) in [6, 6.07) is 80.7. The number of aromatic nitrogens is 3. The van der Waals surface area contributed by atoms with Gasteiger partial charge in [0.1, 0.15) is 0 Å². The summed E-state index contributed by atoms with van der Waals surface area (Å²) in [4.78, 5) is 15.6. The highest BCUT2D eigenvalue weighted by Gasteiger charge is 2.46. The van der Waals surface area contributed by atoms with Crippen LogP contribution < -0.4 is 0 Å². The highest BCUT2D eigenvalue weighted by molar-refractivity contribution is 6.26. The zero-order valence-corrected chi connectivity index (χ0v) is 33.2. The van der Waals surface area contributed by atoms with E-state index in [1.54, 1.807) is 0 Å². The molecule has 0 saturated heterocycles. The molecule has 0 atom stereocenters. The van der Waals surface area contributed by atoms with Crippen LogP contribution in [0.4, 0.5) is 0 Å². The first-order valence-corrected chi connectivity index (χ1v) is 20.9. The van der Waals surface area contributed by atoms with Gasteiger partial charge in [-0.1, -0.05) is 206 Å². The zero-order chi connectivity index (χ0) is 40.3. The lowest BCUT2D eigenvalue weighted by molar-refractivity contribution is 0.769. The van der Waals surface area contributed by atoms with E-state index in [1.807, 2.05) is 24.3 Å². The molecule has 10 aromatic carbocycles. The lowest BCUT2D eigenvalue weighted by Gasteiger charge is -2.34. The van der Waals surface area contributed by atoms with E-state index in [1.165, 1.54) is 71.3 Å². The first-order chi connectivity index (χ1) is 30.2. The Morgan fingerprint density at radius 2 is 0.607 bits per heavy atom. The minimum atomic E-state index is -0.629. The Balaban J connectivity index is 1.13. The van der Waals surface area contributed by atoms with Gasteiger partial charge in [-0.15, -0.1) is 0 Å². The smallest absolute Gasteiger partial charge is 0.164 e. The number of fused-ring (bicyclic) bond motifs is 9. The van der Waals surface area contributed by atoms with Crippen molar-refractivity contribution in [2.45, 2.75) is 5.41 Å². The SMILES string of the molecule is c1ccc(-c2ccc(-c3nc(-c4ccccc4)nc(-c4ccc5c(c4)C(c4ccccc4)(c4ccccc4)c4cc6c7ccccc7c7ccccc7c6cc4-5)n3)cc2)cc1. The van der Waals surface area contributed by atoms with Gasteiger partial charge in [-0.05, 0) is 95.0 Å². The highest BCUT2D eigenvalue weighted by Crippen LogP contribution is 2.58. The molecule has 3 nitrogen and oxygen atoms in total. The molecule has 1 aliphatic carbocycles. The van der Waals surface area contributed by atoms with E-state index in [4.69, 9.17) is 15.0 Å². The van der Waals surface area contributed by atoms with Crippen LogP contribution in [0.25, 0.3) is 88.7 Å². The second kappa shape index (κ2) is 14.1. The molecule has 0 saturated carbocycles. The van der Waals surface area contributed by atoms with Crippen LogP contribution in [0.15, 0.2) is 224 Å². The molecule has 12 rings (SSSR count). The van der Waals surface area contributed by atoms with Crippen LogP contribution in [0.1, 0.15) is 22.3 Å². The summed E-state index contributed by atoms with van der Waals surface area (Å²) < 4.78 is 0. The normalized spacial score (nSPS) is 12.7. The van der Waals surface area contributed by atoms with Crippen molar-refractivity contribution >= 4 is 32.3 Å². The van der Waals surface area contributed by atoms with Gasteiger partial charge in [0, 0.05) is 16.7 Å². The van der Waals surface area contributed by atoms with Crippen LogP contribution in [0.3, 0.4) is 0 Å². The Bertz CT molecular complexity index is 3400. The number of nitrogens with zero attached hydrogens (tertiary/aromatic N) is 3. The van der Waals surface area contributed by atoms with Gasteiger partial charge in [-0.3, -0.25) is 0 Å². The molecule has 0 bridgehead atoms. The molecule has 1 aliphatic rings. The number of benzene rings is 10. The Labute approximate surface area is 354 Å². The first kappa shape index (κ1) is 35.0. The van der Waals surface area contributed by atoms with Gasteiger partial charge in [0.25, 0.3) is 0 Å². The van der Waals surface area contributed by atoms with E-state index in [0.717, 1.165) is 22.3 Å². The minimum absolute atomic E-state index is 0.629. The van der Waals surface area contributed by atoms with Gasteiger partial charge in [0.05, 0.1) is 5.41 Å². The minimum Gasteiger partial charge on any atom is -0.208 e. The first-order valence-electron chi connectivity index (χ1n) is 20.9. The summed E-state index contributed by atoms with van der Waals surface area (Å²) in [7, 11) is 0. The maximum atomic E-state index is 5.26. The van der Waals surface area contributed by atoms with Crippen LogP contribution >= 0.6 is 0 Å². The van der Waals surface area contributed by atoms with Crippen molar-refractivity contribution in [3.63, 3.8) is 0 Å². The van der Waals surface area contributed by atoms with Crippen molar-refractivity contribution in [1.82, 2.24) is 15.0 Å². The molecule has 0 unspecified atom stereocenters. The standard InChI is InChI=1S/C58H37N3/c1-5-17-38(18-6-1)39-29-31-41(32-30-39)56-59-55(40-19-7-2-8-20-40)60-57(61-56)42-33-34-49-52-36-50-47-27-15-13-25-45(47)46-26-14-16-28-48(46)51(50)37-54(52)58(53(49)35-42,43-21-9-3-10-22-43)44-23-11-4-12-24-44/h1-37H. The lowest BCUT2D eigenvalue weighted by Crippen LogP contribution is -2.28. The maximum Gasteiger partial charge on any atom is 0.164 e. The predicted molar refractivity (Wildman–Crippen MR) is 251 cm³/mol. The lowest BCUT2D eigenvalue weighted by atomic mass is 9.67. The van der Waals surface area contributed by atoms with E-state index in [-0.39, 0.29) is 0 Å². The molecule has 0 amide bonds. The summed E-state index contributed by atoms with van der Waals surface area (Å²) in [5.74, 6) is 1.90. The van der Waals surface area contributed by atoms with Gasteiger partial charge in [-0.25, -0.2) is 15.0 Å². The quantitative estimate of drug-likeness (QED) is 0.158. The third-order valence-electron chi connectivity index (χ3n) is 12.6. The molecular weight excluding hydrogens is 739 g/mol. The average Bonchev–Trinajstić information content (AvgIpc) is 3.64. The summed E-state index contributed by atoms with van der Waals surface area (Å²) in [5, 5.41) is 7.57. The van der Waals surface area contributed by atoms with Gasteiger partial charge >= 0.3 is 0 Å². The van der Waals surface area contributed by atoms with Crippen LogP contribution in [0.5, 0.6) is 0 Å². The van der Waals surface area contributed by atoms with Crippen LogP contribution in [0.2, 0.25) is 0 Å². The Morgan fingerprint density at radius 1 is 0.246 bits per heavy atom. The van der Waals surface area contributed by atoms with Gasteiger partial charge in [0.15, 0.2) is 17.5 Å². The van der Waals surface area contributed by atoms with Crippen LogP contribution in [-0.2, 0) is 5.41 Å². The Kier molecular flexibility index (Phi) is 8.07. The molecule has 0 aliphatic heterocycles. The maximum absolute atomic E-state index is 5.26. The highest BCUT2D eigenvalue weighted by atomic mass is 15.0. The van der Waals surface area contributed by atoms with Crippen molar-refractivity contribution in [3.8, 4) is 56.4 Å². The average molecular weight is 776 g/mol. The molecule has 284 valence electrons. The fraction of sp³-hybridized carbons (Fsp3) is 0.0172. The zero-order valence-electron chi connectivity index (χ0n) is 33.2. The van der Waals surface area contributed by atoms with Gasteiger partial charge in [0.2, 0.25) is 0 Å². The fourth-order valence-corrected chi connectivity index (χ4v) is 9.82. The van der Waals surface area contributed by atoms with E-state index in [9.17, 15) is 0 Å². The Hall–Kier alpha value is -8.01. The second-order valence-electron chi connectivity index (χ2n) is 15.9. The number of rotatable bonds is 6. The molecule has 0 fully saturated rings. The van der Waals surface area contributed by atoms with Crippen molar-refractivity contribution < 1.29 is 0 Å². The second-order valence-corrected chi connectivity index (χ2v) is 15.9. The summed E-state index contributed by atoms with van der Waals surface area (Å²) in [6.07, 6.45) is 0. The molecule has 3 heteroatoms. The molecule has 61 heavy (non-hydrogen) atoms. The number of hydrogen-bond donors (Lipinski definition) is 0. The Morgan fingerprint density at radius 3 is 1.15 bits per heavy atom. The van der Waals surface area contributed by atoms with E-state index < -0.39 is 5.41 Å². The summed E-state index contributed by atoms with van der Waals surface area (Å²) >= 11 is 0. The van der Waals surface area contributed by atoms with Crippen LogP contribution in [0, 0.1) is 0 Å². The van der Waals surface area contributed by atoms with Crippen LogP contribution in [-0.4, -0.2) is 15.0 Å². The fourth-order valence-electron chi connectivity index (χ4n) is 9.82. The molecule has 0 radical (unpaired) electrons. The van der Waals surface area contributed by atoms with Gasteiger partial charge in [-0.2, -0.15) is 0 Å². The molecule has 1 aromatic heterocycles. The van der Waals surface area contributed by atoms with E-state index >= 15 is 0 Å². The van der Waals surface area contributed by atoms with Gasteiger partial charge < -0.3 is 0 Å². The molecular formula is C58H37N3. The predicted octanol–water partition coefficient (Wildman–Crippen LogP) is 14.4. The largest absolute Gasteiger partial charge is 0.208 e. The topological polar surface area (TPSA) is 38.7 Å². The molecule has 1 heterocycles. The van der Waals surface area contributed by atoms with Crippen molar-refractivity contribution in [3.05, 3.63) is 247 Å². The third kappa shape index (κ3) is 5.55. The monoisotopic (exact) mass is 775 g/mol. The molecule has 0 spiro atoms. The van der Waals surface area contributed by atoms with Crippen molar-refractivity contribution in [2.24, 2.45) is 0 Å². The van der Waals surface area contributed by atoms with E-state index in [0.29, 0.717) is 17.5 Å². The molecule has 0 N–H and O–H groups in total.